The van der Waals surface area contributed by atoms with Crippen molar-refractivity contribution in [2.45, 2.75) is 38.7 Å². The topological polar surface area (TPSA) is 47.3 Å². The Balaban J connectivity index is 1.91. The molecule has 1 aliphatic rings. The maximum absolute atomic E-state index is 5.53. The molecule has 2 atom stereocenters. The minimum Gasteiger partial charge on any atom is -0.377 e. The lowest BCUT2D eigenvalue weighted by atomic mass is 10.1. The summed E-state index contributed by atoms with van der Waals surface area (Å²) < 4.78 is 5.53. The Morgan fingerprint density at radius 3 is 3.07 bits per heavy atom. The summed E-state index contributed by atoms with van der Waals surface area (Å²) in [5.74, 6) is 0.736. The summed E-state index contributed by atoms with van der Waals surface area (Å²) >= 11 is 0. The predicted octanol–water partition coefficient (Wildman–Crippen LogP) is 1.13. The van der Waals surface area contributed by atoms with Crippen LogP contribution in [0.15, 0.2) is 0 Å². The van der Waals surface area contributed by atoms with Crippen LogP contribution in [0.4, 0.5) is 0 Å². The van der Waals surface area contributed by atoms with Gasteiger partial charge >= 0.3 is 0 Å². The molecule has 3 nitrogen and oxygen atoms in total. The van der Waals surface area contributed by atoms with Gasteiger partial charge in [-0.2, -0.15) is 0 Å². The van der Waals surface area contributed by atoms with Gasteiger partial charge in [0.2, 0.25) is 0 Å². The molecule has 0 aliphatic carbocycles. The van der Waals surface area contributed by atoms with E-state index in [1.165, 1.54) is 19.3 Å². The second-order valence-corrected chi connectivity index (χ2v) is 4.33. The molecule has 1 aliphatic heterocycles. The van der Waals surface area contributed by atoms with Crippen molar-refractivity contribution in [1.29, 1.82) is 0 Å². The summed E-state index contributed by atoms with van der Waals surface area (Å²) in [6.45, 7) is 6.16. The zero-order valence-corrected chi connectivity index (χ0v) is 9.30. The van der Waals surface area contributed by atoms with Crippen LogP contribution >= 0.6 is 0 Å². The first-order valence-corrected chi connectivity index (χ1v) is 5.85. The molecule has 1 rings (SSSR count). The molecule has 0 aromatic rings. The highest BCUT2D eigenvalue weighted by Gasteiger charge is 2.14. The standard InChI is InChI=1S/C11H24N2O/c1-10(4-2-6-12)8-13-9-11-5-3-7-14-11/h10-11,13H,2-9,12H2,1H3. The fourth-order valence-electron chi connectivity index (χ4n) is 1.86. The van der Waals surface area contributed by atoms with Gasteiger partial charge in [-0.25, -0.2) is 0 Å². The Morgan fingerprint density at radius 1 is 1.57 bits per heavy atom. The number of nitrogens with one attached hydrogen (secondary N) is 1. The fraction of sp³-hybridized carbons (Fsp3) is 1.00. The van der Waals surface area contributed by atoms with Gasteiger partial charge in [-0.05, 0) is 44.7 Å². The van der Waals surface area contributed by atoms with Crippen LogP contribution in [0.25, 0.3) is 0 Å². The molecule has 0 saturated carbocycles. The molecule has 84 valence electrons. The third-order valence-corrected chi connectivity index (χ3v) is 2.79. The monoisotopic (exact) mass is 200 g/mol. The number of hydrogen-bond donors (Lipinski definition) is 2. The molecule has 0 aromatic carbocycles. The van der Waals surface area contributed by atoms with Crippen molar-refractivity contribution in [3.05, 3.63) is 0 Å². The number of ether oxygens (including phenoxy) is 1. The van der Waals surface area contributed by atoms with Crippen LogP contribution in [0, 0.1) is 5.92 Å². The summed E-state index contributed by atoms with van der Waals surface area (Å²) in [5.41, 5.74) is 5.46. The van der Waals surface area contributed by atoms with Crippen LogP contribution in [0.1, 0.15) is 32.6 Å². The summed E-state index contributed by atoms with van der Waals surface area (Å²) in [4.78, 5) is 0. The molecular weight excluding hydrogens is 176 g/mol. The lowest BCUT2D eigenvalue weighted by Crippen LogP contribution is -2.30. The SMILES string of the molecule is CC(CCCN)CNCC1CCCO1. The molecule has 1 fully saturated rings. The van der Waals surface area contributed by atoms with Crippen LogP contribution in [0.3, 0.4) is 0 Å². The largest absolute Gasteiger partial charge is 0.377 e. The van der Waals surface area contributed by atoms with Crippen molar-refractivity contribution in [3.8, 4) is 0 Å². The third-order valence-electron chi connectivity index (χ3n) is 2.79. The van der Waals surface area contributed by atoms with Crippen LogP contribution in [0.2, 0.25) is 0 Å². The van der Waals surface area contributed by atoms with Crippen molar-refractivity contribution in [2.75, 3.05) is 26.2 Å². The average Bonchev–Trinajstić information content (AvgIpc) is 2.67. The van der Waals surface area contributed by atoms with E-state index in [4.69, 9.17) is 10.5 Å². The first-order chi connectivity index (χ1) is 6.83. The molecule has 0 amide bonds. The van der Waals surface area contributed by atoms with Crippen molar-refractivity contribution in [2.24, 2.45) is 11.7 Å². The van der Waals surface area contributed by atoms with Gasteiger partial charge < -0.3 is 15.8 Å². The zero-order valence-electron chi connectivity index (χ0n) is 9.30. The maximum atomic E-state index is 5.53. The van der Waals surface area contributed by atoms with Crippen LogP contribution < -0.4 is 11.1 Å². The molecular formula is C11H24N2O. The summed E-state index contributed by atoms with van der Waals surface area (Å²) in [6, 6.07) is 0. The van der Waals surface area contributed by atoms with E-state index in [-0.39, 0.29) is 0 Å². The lowest BCUT2D eigenvalue weighted by Gasteiger charge is -2.14. The quantitative estimate of drug-likeness (QED) is 0.647. The predicted molar refractivity (Wildman–Crippen MR) is 59.3 cm³/mol. The van der Waals surface area contributed by atoms with Crippen molar-refractivity contribution < 1.29 is 4.74 Å². The summed E-state index contributed by atoms with van der Waals surface area (Å²) in [7, 11) is 0. The molecule has 1 heterocycles. The Bertz CT molecular complexity index is 135. The molecule has 3 N–H and O–H groups in total. The Hall–Kier alpha value is -0.120. The highest BCUT2D eigenvalue weighted by atomic mass is 16.5. The van der Waals surface area contributed by atoms with E-state index in [2.05, 4.69) is 12.2 Å². The fourth-order valence-corrected chi connectivity index (χ4v) is 1.86. The van der Waals surface area contributed by atoms with E-state index in [0.29, 0.717) is 6.10 Å². The number of hydrogen-bond acceptors (Lipinski definition) is 3. The minimum atomic E-state index is 0.469. The first kappa shape index (κ1) is 12.0. The van der Waals surface area contributed by atoms with Crippen molar-refractivity contribution in [3.63, 3.8) is 0 Å². The van der Waals surface area contributed by atoms with Gasteiger partial charge in [-0.15, -0.1) is 0 Å². The molecule has 1 saturated heterocycles. The second-order valence-electron chi connectivity index (χ2n) is 4.33. The van der Waals surface area contributed by atoms with Gasteiger partial charge in [0.15, 0.2) is 0 Å². The van der Waals surface area contributed by atoms with Crippen LogP contribution in [-0.2, 0) is 4.74 Å². The van der Waals surface area contributed by atoms with E-state index in [1.54, 1.807) is 0 Å². The van der Waals surface area contributed by atoms with Gasteiger partial charge in [0.25, 0.3) is 0 Å². The van der Waals surface area contributed by atoms with Gasteiger partial charge in [-0.1, -0.05) is 6.92 Å². The molecule has 14 heavy (non-hydrogen) atoms. The van der Waals surface area contributed by atoms with E-state index in [9.17, 15) is 0 Å². The molecule has 3 heteroatoms. The minimum absolute atomic E-state index is 0.469. The maximum Gasteiger partial charge on any atom is 0.0700 e. The first-order valence-electron chi connectivity index (χ1n) is 5.85. The van der Waals surface area contributed by atoms with Crippen LogP contribution in [-0.4, -0.2) is 32.3 Å². The normalized spacial score (nSPS) is 24.0. The molecule has 0 aromatic heterocycles. The molecule has 2 unspecified atom stereocenters. The highest BCUT2D eigenvalue weighted by Crippen LogP contribution is 2.11. The lowest BCUT2D eigenvalue weighted by molar-refractivity contribution is 0.109. The highest BCUT2D eigenvalue weighted by molar-refractivity contribution is 4.68. The van der Waals surface area contributed by atoms with Gasteiger partial charge in [0.1, 0.15) is 0 Å². The van der Waals surface area contributed by atoms with Gasteiger partial charge in [0, 0.05) is 13.2 Å². The smallest absolute Gasteiger partial charge is 0.0700 e. The number of rotatable bonds is 7. The Morgan fingerprint density at radius 2 is 2.43 bits per heavy atom. The van der Waals surface area contributed by atoms with E-state index in [0.717, 1.165) is 38.6 Å². The third kappa shape index (κ3) is 4.94. The summed E-state index contributed by atoms with van der Waals surface area (Å²) in [5, 5.41) is 3.47. The van der Waals surface area contributed by atoms with Gasteiger partial charge in [0.05, 0.1) is 6.10 Å². The van der Waals surface area contributed by atoms with Crippen molar-refractivity contribution >= 4 is 0 Å². The van der Waals surface area contributed by atoms with E-state index < -0.39 is 0 Å². The molecule has 0 radical (unpaired) electrons. The van der Waals surface area contributed by atoms with E-state index in [1.807, 2.05) is 0 Å². The zero-order chi connectivity index (χ0) is 10.2. The Kier molecular flexibility index (Phi) is 6.15. The number of nitrogens with two attached hydrogens (primary N) is 1. The van der Waals surface area contributed by atoms with Crippen LogP contribution in [0.5, 0.6) is 0 Å². The average molecular weight is 200 g/mol. The van der Waals surface area contributed by atoms with E-state index >= 15 is 0 Å². The molecule has 0 bridgehead atoms. The van der Waals surface area contributed by atoms with Gasteiger partial charge in [-0.3, -0.25) is 0 Å². The Labute approximate surface area is 87.4 Å². The summed E-state index contributed by atoms with van der Waals surface area (Å²) in [6.07, 6.45) is 5.30. The molecule has 0 spiro atoms. The second kappa shape index (κ2) is 7.21. The van der Waals surface area contributed by atoms with Crippen molar-refractivity contribution in [1.82, 2.24) is 5.32 Å².